The Morgan fingerprint density at radius 3 is 0.927 bits per heavy atom. The minimum Gasteiger partial charge on any atom is -0.462 e. The first kappa shape index (κ1) is 92.2. The largest absolute Gasteiger partial charge is 0.472 e. The van der Waals surface area contributed by atoms with E-state index >= 15 is 0 Å². The fourth-order valence-electron chi connectivity index (χ4n) is 10.1. The van der Waals surface area contributed by atoms with E-state index in [1.165, 1.54) is 122 Å². The Hall–Kier alpha value is -3.76. The van der Waals surface area contributed by atoms with Gasteiger partial charge in [0.05, 0.1) is 26.4 Å². The van der Waals surface area contributed by atoms with Crippen LogP contribution in [0.25, 0.3) is 0 Å². The molecule has 0 heterocycles. The lowest BCUT2D eigenvalue weighted by Gasteiger charge is -2.21. The number of carbonyl (C=O) groups excluding carboxylic acids is 4. The van der Waals surface area contributed by atoms with Gasteiger partial charge < -0.3 is 33.8 Å². The molecule has 0 aromatic rings. The molecule has 0 aromatic heterocycles. The topological polar surface area (TPSA) is 237 Å². The Balaban J connectivity index is 5.32. The number of phosphoric ester groups is 2. The van der Waals surface area contributed by atoms with Crippen LogP contribution in [-0.2, 0) is 65.4 Å². The maximum atomic E-state index is 13.0. The number of hydrogen-bond acceptors (Lipinski definition) is 15. The van der Waals surface area contributed by atoms with Gasteiger partial charge in [0.15, 0.2) is 12.2 Å². The van der Waals surface area contributed by atoms with E-state index in [0.29, 0.717) is 32.1 Å². The molecule has 5 unspecified atom stereocenters. The van der Waals surface area contributed by atoms with Gasteiger partial charge in [0.25, 0.3) is 0 Å². The van der Waals surface area contributed by atoms with Crippen LogP contribution >= 0.6 is 15.6 Å². The minimum absolute atomic E-state index is 0.0359. The van der Waals surface area contributed by atoms with Crippen LogP contribution in [0.5, 0.6) is 0 Å². The van der Waals surface area contributed by atoms with Crippen molar-refractivity contribution in [3.63, 3.8) is 0 Å². The van der Waals surface area contributed by atoms with E-state index in [2.05, 4.69) is 94.5 Å². The predicted octanol–water partition coefficient (Wildman–Crippen LogP) is 21.4. The summed E-state index contributed by atoms with van der Waals surface area (Å²) in [6, 6.07) is 0. The molecule has 0 bridgehead atoms. The van der Waals surface area contributed by atoms with Crippen LogP contribution in [0.15, 0.2) is 85.1 Å². The average Bonchev–Trinajstić information content (AvgIpc) is 1.15. The van der Waals surface area contributed by atoms with Crippen LogP contribution in [0.3, 0.4) is 0 Å². The third-order valence-electron chi connectivity index (χ3n) is 15.9. The summed E-state index contributed by atoms with van der Waals surface area (Å²) in [4.78, 5) is 72.7. The average molecular weight is 1400 g/mol. The Morgan fingerprint density at radius 2 is 0.573 bits per heavy atom. The number of hydrogen-bond donors (Lipinski definition) is 3. The number of aliphatic hydroxyl groups is 1. The molecule has 0 spiro atoms. The zero-order valence-electron chi connectivity index (χ0n) is 60.5. The lowest BCUT2D eigenvalue weighted by Crippen LogP contribution is -2.30. The Bertz CT molecular complexity index is 2160. The van der Waals surface area contributed by atoms with Crippen molar-refractivity contribution in [2.45, 2.75) is 341 Å². The highest BCUT2D eigenvalue weighted by Gasteiger charge is 2.30. The maximum absolute atomic E-state index is 13.0. The highest BCUT2D eigenvalue weighted by molar-refractivity contribution is 7.47. The molecule has 96 heavy (non-hydrogen) atoms. The third-order valence-corrected chi connectivity index (χ3v) is 17.8. The van der Waals surface area contributed by atoms with Crippen LogP contribution in [0, 0.1) is 0 Å². The summed E-state index contributed by atoms with van der Waals surface area (Å²) in [5.74, 6) is -2.26. The van der Waals surface area contributed by atoms with Gasteiger partial charge in [-0.05, 0) is 83.5 Å². The maximum Gasteiger partial charge on any atom is 0.472 e. The number of esters is 4. The van der Waals surface area contributed by atoms with Crippen molar-refractivity contribution in [1.29, 1.82) is 0 Å². The van der Waals surface area contributed by atoms with Crippen LogP contribution < -0.4 is 0 Å². The smallest absolute Gasteiger partial charge is 0.462 e. The second-order valence-electron chi connectivity index (χ2n) is 25.2. The molecule has 0 rings (SSSR count). The second kappa shape index (κ2) is 69.7. The first-order valence-corrected chi connectivity index (χ1v) is 40.8. The monoisotopic (exact) mass is 1390 g/mol. The molecule has 0 amide bonds. The number of aliphatic hydroxyl groups excluding tert-OH is 1. The van der Waals surface area contributed by atoms with E-state index in [1.54, 1.807) is 0 Å². The number of rotatable bonds is 71. The van der Waals surface area contributed by atoms with E-state index in [-0.39, 0.29) is 25.7 Å². The zero-order chi connectivity index (χ0) is 70.4. The number of phosphoric acid groups is 2. The first-order chi connectivity index (χ1) is 46.7. The molecule has 556 valence electrons. The molecule has 19 heteroatoms. The SMILES string of the molecule is CC/C=C\C/C=C\C/C=C\C/C=C\C/C=C\C/C=C\CCC(=O)OCC(COP(=O)(O)OCC(O)COP(=O)(O)OCC(COC(=O)CCCCCCCCCCCCCCCCC)OC(=O)CCCCCCCCCCCCC)OC(=O)CCCCCCC/C=C\CCCC. The Kier molecular flexibility index (Phi) is 67.0. The molecule has 0 aliphatic heterocycles. The summed E-state index contributed by atoms with van der Waals surface area (Å²) < 4.78 is 68.3. The lowest BCUT2D eigenvalue weighted by atomic mass is 10.0. The molecule has 0 radical (unpaired) electrons. The van der Waals surface area contributed by atoms with Crippen molar-refractivity contribution in [2.24, 2.45) is 0 Å². The van der Waals surface area contributed by atoms with Gasteiger partial charge in [0.1, 0.15) is 19.3 Å². The van der Waals surface area contributed by atoms with Crippen molar-refractivity contribution in [1.82, 2.24) is 0 Å². The normalized spacial score (nSPS) is 14.4. The molecule has 0 aliphatic rings. The molecule has 0 fully saturated rings. The van der Waals surface area contributed by atoms with E-state index in [9.17, 15) is 43.2 Å². The van der Waals surface area contributed by atoms with Crippen molar-refractivity contribution in [2.75, 3.05) is 39.6 Å². The fraction of sp³-hybridized carbons (Fsp3) is 0.766. The minimum atomic E-state index is -4.98. The summed E-state index contributed by atoms with van der Waals surface area (Å²) in [6.07, 6.45) is 70.3. The van der Waals surface area contributed by atoms with Gasteiger partial charge in [0, 0.05) is 25.7 Å². The Labute approximate surface area is 583 Å². The van der Waals surface area contributed by atoms with E-state index < -0.39 is 97.5 Å². The van der Waals surface area contributed by atoms with Crippen LogP contribution in [0.2, 0.25) is 0 Å². The summed E-state index contributed by atoms with van der Waals surface area (Å²) in [7, 11) is -9.95. The fourth-order valence-corrected chi connectivity index (χ4v) is 11.7. The molecule has 0 aliphatic carbocycles. The van der Waals surface area contributed by atoms with Crippen molar-refractivity contribution < 1.29 is 80.2 Å². The predicted molar refractivity (Wildman–Crippen MR) is 390 cm³/mol. The van der Waals surface area contributed by atoms with Crippen LogP contribution in [0.4, 0.5) is 0 Å². The van der Waals surface area contributed by atoms with Crippen LogP contribution in [-0.4, -0.2) is 96.7 Å². The summed E-state index contributed by atoms with van der Waals surface area (Å²) in [6.45, 7) is 4.65. The van der Waals surface area contributed by atoms with E-state index in [1.807, 2.05) is 18.2 Å². The number of ether oxygens (including phenoxy) is 4. The van der Waals surface area contributed by atoms with Gasteiger partial charge in [-0.25, -0.2) is 9.13 Å². The first-order valence-electron chi connectivity index (χ1n) is 37.8. The van der Waals surface area contributed by atoms with Gasteiger partial charge in [-0.2, -0.15) is 0 Å². The zero-order valence-corrected chi connectivity index (χ0v) is 62.3. The molecule has 0 saturated heterocycles. The van der Waals surface area contributed by atoms with Gasteiger partial charge in [-0.1, -0.05) is 299 Å². The lowest BCUT2D eigenvalue weighted by molar-refractivity contribution is -0.161. The van der Waals surface area contributed by atoms with Gasteiger partial charge in [-0.3, -0.25) is 37.3 Å². The molecular formula is C77H136O17P2. The quantitative estimate of drug-likeness (QED) is 0.0169. The van der Waals surface area contributed by atoms with E-state index in [4.69, 9.17) is 37.0 Å². The van der Waals surface area contributed by atoms with E-state index in [0.717, 1.165) is 116 Å². The molecule has 17 nitrogen and oxygen atoms in total. The van der Waals surface area contributed by atoms with Gasteiger partial charge >= 0.3 is 39.5 Å². The summed E-state index contributed by atoms with van der Waals surface area (Å²) in [5.41, 5.74) is 0. The Morgan fingerprint density at radius 1 is 0.302 bits per heavy atom. The second-order valence-corrected chi connectivity index (χ2v) is 28.1. The summed E-state index contributed by atoms with van der Waals surface area (Å²) >= 11 is 0. The highest BCUT2D eigenvalue weighted by atomic mass is 31.2. The summed E-state index contributed by atoms with van der Waals surface area (Å²) in [5, 5.41) is 10.6. The van der Waals surface area contributed by atoms with Crippen LogP contribution in [0.1, 0.15) is 323 Å². The third kappa shape index (κ3) is 68.8. The highest BCUT2D eigenvalue weighted by Crippen LogP contribution is 2.45. The molecule has 5 atom stereocenters. The number of allylic oxidation sites excluding steroid dienone is 14. The van der Waals surface area contributed by atoms with Crippen molar-refractivity contribution in [3.8, 4) is 0 Å². The number of unbranched alkanes of at least 4 members (excludes halogenated alkanes) is 31. The standard InChI is InChI=1S/C77H136O17P2/c1-5-9-13-17-21-25-29-31-33-34-35-36-38-40-44-46-50-54-58-62-75(80)88-68-73(94-77(82)64-60-56-52-48-42-28-24-20-16-12-8-4)70-92-96(85,86)90-66-71(78)65-89-95(83,84)91-69-72(93-76(81)63-59-55-51-47-41-27-23-19-15-11-7-3)67-87-74(79)61-57-53-49-45-43-39-37-32-30-26-22-18-14-10-6-2/h9,13,20-21,24-25,31,33,35-36,40,44,50,54,71-73,78H,5-8,10-12,14-19,22-23,26-30,32,34,37-39,41-43,45-49,51-53,55-70H2,1-4H3,(H,83,84)(H,85,86)/b13-9-,24-20-,25-21-,33-31-,36-35-,44-40-,54-50-. The van der Waals surface area contributed by atoms with Gasteiger partial charge in [0.2, 0.25) is 0 Å². The molecule has 0 aromatic carbocycles. The van der Waals surface area contributed by atoms with Gasteiger partial charge in [-0.15, -0.1) is 0 Å². The van der Waals surface area contributed by atoms with Crippen molar-refractivity contribution in [3.05, 3.63) is 85.1 Å². The number of carbonyl (C=O) groups is 4. The molecular weight excluding hydrogens is 1260 g/mol. The molecule has 0 saturated carbocycles. The molecule has 3 N–H and O–H groups in total. The van der Waals surface area contributed by atoms with Crippen molar-refractivity contribution >= 4 is 39.5 Å².